The number of anilines is 1. The van der Waals surface area contributed by atoms with Crippen molar-refractivity contribution < 1.29 is 24.5 Å². The lowest BCUT2D eigenvalue weighted by Gasteiger charge is -2.19. The molecule has 0 heterocycles. The first-order chi connectivity index (χ1) is 8.38. The van der Waals surface area contributed by atoms with Crippen molar-refractivity contribution >= 4 is 11.7 Å². The Balaban J connectivity index is 3.15. The highest BCUT2D eigenvalue weighted by atomic mass is 19.1. The number of carboxylic acids is 1. The van der Waals surface area contributed by atoms with E-state index in [0.717, 1.165) is 12.1 Å². The van der Waals surface area contributed by atoms with Gasteiger partial charge in [0.15, 0.2) is 0 Å². The standard InChI is InChI=1S/C11H15FN2O4/c1-14-4-9(15)10(16)5-2-6(11(17)18)8(13)3-7(5)12/h2-3,9-10,14-16H,4,13H2,1H3,(H,17,18). The smallest absolute Gasteiger partial charge is 0.337 e. The first kappa shape index (κ1) is 14.4. The van der Waals surface area contributed by atoms with Gasteiger partial charge in [-0.1, -0.05) is 0 Å². The van der Waals surface area contributed by atoms with Crippen LogP contribution in [0.1, 0.15) is 22.0 Å². The Bertz CT molecular complexity index is 453. The van der Waals surface area contributed by atoms with Crippen molar-refractivity contribution in [3.63, 3.8) is 0 Å². The number of carbonyl (C=O) groups is 1. The Morgan fingerprint density at radius 2 is 2.11 bits per heavy atom. The summed E-state index contributed by atoms with van der Waals surface area (Å²) in [6, 6.07) is 1.74. The van der Waals surface area contributed by atoms with Crippen molar-refractivity contribution in [3.05, 3.63) is 29.1 Å². The lowest BCUT2D eigenvalue weighted by atomic mass is 10.00. The molecule has 0 radical (unpaired) electrons. The van der Waals surface area contributed by atoms with Crippen LogP contribution in [0.25, 0.3) is 0 Å². The molecule has 0 spiro atoms. The molecule has 0 bridgehead atoms. The molecule has 0 saturated heterocycles. The quantitative estimate of drug-likeness (QED) is 0.464. The third kappa shape index (κ3) is 2.95. The highest BCUT2D eigenvalue weighted by Crippen LogP contribution is 2.25. The Labute approximate surface area is 103 Å². The number of aromatic carboxylic acids is 1. The van der Waals surface area contributed by atoms with Crippen molar-refractivity contribution in [1.82, 2.24) is 5.32 Å². The summed E-state index contributed by atoms with van der Waals surface area (Å²) in [7, 11) is 1.55. The number of benzene rings is 1. The molecule has 1 rings (SSSR count). The van der Waals surface area contributed by atoms with Gasteiger partial charge < -0.3 is 26.4 Å². The van der Waals surface area contributed by atoms with E-state index in [-0.39, 0.29) is 23.4 Å². The van der Waals surface area contributed by atoms with E-state index in [1.165, 1.54) is 0 Å². The second-order valence-electron chi connectivity index (χ2n) is 3.84. The van der Waals surface area contributed by atoms with Crippen LogP contribution < -0.4 is 11.1 Å². The topological polar surface area (TPSA) is 116 Å². The fraction of sp³-hybridized carbons (Fsp3) is 0.364. The molecule has 0 aromatic heterocycles. The second kappa shape index (κ2) is 5.76. The number of likely N-dealkylation sites (N-methyl/N-ethyl adjacent to an activating group) is 1. The highest BCUT2D eigenvalue weighted by molar-refractivity contribution is 5.93. The summed E-state index contributed by atoms with van der Waals surface area (Å²) in [6.07, 6.45) is -2.79. The van der Waals surface area contributed by atoms with Crippen LogP contribution in [-0.2, 0) is 0 Å². The molecule has 1 aromatic rings. The zero-order valence-corrected chi connectivity index (χ0v) is 9.72. The van der Waals surface area contributed by atoms with E-state index in [9.17, 15) is 19.4 Å². The number of nitrogens with two attached hydrogens (primary N) is 1. The van der Waals surface area contributed by atoms with Crippen molar-refractivity contribution in [2.75, 3.05) is 19.3 Å². The van der Waals surface area contributed by atoms with E-state index in [0.29, 0.717) is 0 Å². The van der Waals surface area contributed by atoms with Crippen LogP contribution in [0.15, 0.2) is 12.1 Å². The van der Waals surface area contributed by atoms with Gasteiger partial charge in [-0.3, -0.25) is 0 Å². The molecule has 7 heteroatoms. The Morgan fingerprint density at radius 1 is 1.50 bits per heavy atom. The maximum atomic E-state index is 13.6. The summed E-state index contributed by atoms with van der Waals surface area (Å²) in [6.45, 7) is 0.0351. The minimum Gasteiger partial charge on any atom is -0.478 e. The Kier molecular flexibility index (Phi) is 4.60. The van der Waals surface area contributed by atoms with Gasteiger partial charge in [-0.05, 0) is 19.2 Å². The third-order valence-electron chi connectivity index (χ3n) is 2.50. The average molecular weight is 258 g/mol. The molecule has 6 nitrogen and oxygen atoms in total. The SMILES string of the molecule is CNCC(O)C(O)c1cc(C(=O)O)c(N)cc1F. The normalized spacial score (nSPS) is 14.2. The molecular formula is C11H15FN2O4. The summed E-state index contributed by atoms with van der Waals surface area (Å²) >= 11 is 0. The zero-order valence-electron chi connectivity index (χ0n) is 9.72. The number of rotatable bonds is 5. The van der Waals surface area contributed by atoms with E-state index >= 15 is 0 Å². The maximum Gasteiger partial charge on any atom is 0.337 e. The Hall–Kier alpha value is -1.70. The summed E-state index contributed by atoms with van der Waals surface area (Å²) in [5.74, 6) is -2.19. The van der Waals surface area contributed by atoms with Gasteiger partial charge in [-0.25, -0.2) is 9.18 Å². The van der Waals surface area contributed by atoms with E-state index in [1.807, 2.05) is 0 Å². The van der Waals surface area contributed by atoms with Crippen molar-refractivity contribution in [2.24, 2.45) is 0 Å². The molecule has 2 atom stereocenters. The molecular weight excluding hydrogens is 243 g/mol. The van der Waals surface area contributed by atoms with Gasteiger partial charge in [0.25, 0.3) is 0 Å². The molecule has 0 saturated carbocycles. The first-order valence-electron chi connectivity index (χ1n) is 5.21. The van der Waals surface area contributed by atoms with Crippen molar-refractivity contribution in [2.45, 2.75) is 12.2 Å². The van der Waals surface area contributed by atoms with Crippen LogP contribution >= 0.6 is 0 Å². The molecule has 2 unspecified atom stereocenters. The lowest BCUT2D eigenvalue weighted by Crippen LogP contribution is -2.30. The van der Waals surface area contributed by atoms with Gasteiger partial charge in [0.2, 0.25) is 0 Å². The molecule has 100 valence electrons. The molecule has 0 amide bonds. The third-order valence-corrected chi connectivity index (χ3v) is 2.50. The molecule has 0 aliphatic heterocycles. The Morgan fingerprint density at radius 3 is 2.61 bits per heavy atom. The molecule has 0 aliphatic carbocycles. The zero-order chi connectivity index (χ0) is 13.9. The molecule has 0 aliphatic rings. The number of hydrogen-bond acceptors (Lipinski definition) is 5. The van der Waals surface area contributed by atoms with Crippen LogP contribution in [0.2, 0.25) is 0 Å². The molecule has 0 fully saturated rings. The van der Waals surface area contributed by atoms with Gasteiger partial charge in [0, 0.05) is 17.8 Å². The first-order valence-corrected chi connectivity index (χ1v) is 5.21. The number of aliphatic hydroxyl groups is 2. The number of nitrogen functional groups attached to an aromatic ring is 1. The number of aliphatic hydroxyl groups excluding tert-OH is 2. The summed E-state index contributed by atoms with van der Waals surface area (Å²) in [5, 5.41) is 30.7. The predicted octanol–water partition coefficient (Wildman–Crippen LogP) is -0.280. The van der Waals surface area contributed by atoms with Crippen LogP contribution in [0, 0.1) is 5.82 Å². The maximum absolute atomic E-state index is 13.6. The fourth-order valence-corrected chi connectivity index (χ4v) is 1.55. The predicted molar refractivity (Wildman–Crippen MR) is 62.7 cm³/mol. The summed E-state index contributed by atoms with van der Waals surface area (Å²) in [4.78, 5) is 10.8. The van der Waals surface area contributed by atoms with Gasteiger partial charge >= 0.3 is 5.97 Å². The van der Waals surface area contributed by atoms with Gasteiger partial charge in [0.1, 0.15) is 11.9 Å². The van der Waals surface area contributed by atoms with Gasteiger partial charge in [-0.15, -0.1) is 0 Å². The van der Waals surface area contributed by atoms with E-state index < -0.39 is 24.0 Å². The minimum absolute atomic E-state index is 0.0351. The summed E-state index contributed by atoms with van der Waals surface area (Å²) in [5.41, 5.74) is 4.49. The van der Waals surface area contributed by atoms with Crippen LogP contribution in [0.5, 0.6) is 0 Å². The lowest BCUT2D eigenvalue weighted by molar-refractivity contribution is 0.0181. The van der Waals surface area contributed by atoms with Crippen LogP contribution in [0.3, 0.4) is 0 Å². The number of hydrogen-bond donors (Lipinski definition) is 5. The number of carboxylic acid groups (broad SMARTS) is 1. The van der Waals surface area contributed by atoms with Gasteiger partial charge in [0.05, 0.1) is 11.7 Å². The fourth-order valence-electron chi connectivity index (χ4n) is 1.55. The van der Waals surface area contributed by atoms with E-state index in [2.05, 4.69) is 5.32 Å². The highest BCUT2D eigenvalue weighted by Gasteiger charge is 2.23. The van der Waals surface area contributed by atoms with Crippen molar-refractivity contribution in [3.8, 4) is 0 Å². The number of nitrogens with one attached hydrogen (secondary N) is 1. The van der Waals surface area contributed by atoms with E-state index in [4.69, 9.17) is 10.8 Å². The van der Waals surface area contributed by atoms with Crippen LogP contribution in [0.4, 0.5) is 10.1 Å². The van der Waals surface area contributed by atoms with Crippen molar-refractivity contribution in [1.29, 1.82) is 0 Å². The minimum atomic E-state index is -1.53. The monoisotopic (exact) mass is 258 g/mol. The molecule has 6 N–H and O–H groups in total. The van der Waals surface area contributed by atoms with E-state index in [1.54, 1.807) is 7.05 Å². The average Bonchev–Trinajstić information content (AvgIpc) is 2.28. The van der Waals surface area contributed by atoms with Gasteiger partial charge in [-0.2, -0.15) is 0 Å². The molecule has 1 aromatic carbocycles. The number of halogens is 1. The molecule has 18 heavy (non-hydrogen) atoms. The van der Waals surface area contributed by atoms with Crippen LogP contribution in [-0.4, -0.2) is 41.0 Å². The second-order valence-corrected chi connectivity index (χ2v) is 3.84. The summed E-state index contributed by atoms with van der Waals surface area (Å²) < 4.78 is 13.6. The largest absolute Gasteiger partial charge is 0.478 e.